The number of nitrogens with one attached hydrogen (secondary N) is 1. The van der Waals surface area contributed by atoms with Crippen molar-refractivity contribution < 1.29 is 0 Å². The maximum atomic E-state index is 5.46. The Morgan fingerprint density at radius 2 is 1.79 bits per heavy atom. The Balaban J connectivity index is 2.48. The van der Waals surface area contributed by atoms with E-state index in [4.69, 9.17) is 5.84 Å². The molecule has 0 aromatic carbocycles. The first-order valence-corrected chi connectivity index (χ1v) is 5.64. The molecule has 1 saturated heterocycles. The van der Waals surface area contributed by atoms with E-state index in [1.54, 1.807) is 0 Å². The Kier molecular flexibility index (Phi) is 5.37. The van der Waals surface area contributed by atoms with Crippen molar-refractivity contribution in [3.63, 3.8) is 0 Å². The van der Waals surface area contributed by atoms with Crippen LogP contribution in [0.25, 0.3) is 0 Å². The molecule has 0 bridgehead atoms. The topological polar surface area (TPSA) is 53.6 Å². The van der Waals surface area contributed by atoms with Gasteiger partial charge in [-0.05, 0) is 19.8 Å². The summed E-state index contributed by atoms with van der Waals surface area (Å²) in [6, 6.07) is 0. The Hall–Kier alpha value is -0.770. The lowest BCUT2D eigenvalue weighted by atomic mass is 10.1. The summed E-state index contributed by atoms with van der Waals surface area (Å²) in [5.41, 5.74) is 2.70. The van der Waals surface area contributed by atoms with Crippen LogP contribution < -0.4 is 11.3 Å². The number of hydrogen-bond donors (Lipinski definition) is 2. The second kappa shape index (κ2) is 6.65. The third-order valence-corrected chi connectivity index (χ3v) is 2.59. The third-order valence-electron chi connectivity index (χ3n) is 2.59. The number of aliphatic imine (C=N–C) groups is 1. The van der Waals surface area contributed by atoms with Crippen LogP contribution in [0.5, 0.6) is 0 Å². The van der Waals surface area contributed by atoms with E-state index >= 15 is 0 Å². The summed E-state index contributed by atoms with van der Waals surface area (Å²) in [4.78, 5) is 6.61. The quantitative estimate of drug-likeness (QED) is 0.287. The van der Waals surface area contributed by atoms with Gasteiger partial charge < -0.3 is 4.90 Å². The molecule has 0 aromatic heterocycles. The molecule has 1 aliphatic rings. The minimum Gasteiger partial charge on any atom is -0.342 e. The molecule has 0 aromatic rings. The van der Waals surface area contributed by atoms with Gasteiger partial charge in [0.2, 0.25) is 5.96 Å². The zero-order valence-corrected chi connectivity index (χ0v) is 9.13. The molecule has 1 aliphatic heterocycles. The number of hydrazine groups is 1. The van der Waals surface area contributed by atoms with Gasteiger partial charge in [-0.2, -0.15) is 0 Å². The molecule has 1 fully saturated rings. The fourth-order valence-electron chi connectivity index (χ4n) is 1.85. The fraction of sp³-hybridized carbons (Fsp3) is 0.900. The molecule has 1 rings (SSSR count). The highest BCUT2D eigenvalue weighted by Crippen LogP contribution is 2.10. The Morgan fingerprint density at radius 1 is 1.21 bits per heavy atom. The van der Waals surface area contributed by atoms with E-state index in [9.17, 15) is 0 Å². The predicted octanol–water partition coefficient (Wildman–Crippen LogP) is 1.09. The SMILES string of the molecule is CCN=C(NN)N1CCCCCCC1. The van der Waals surface area contributed by atoms with E-state index in [1.807, 2.05) is 6.92 Å². The Bertz CT molecular complexity index is 171. The predicted molar refractivity (Wildman–Crippen MR) is 60.0 cm³/mol. The van der Waals surface area contributed by atoms with Crippen LogP contribution in [0.2, 0.25) is 0 Å². The minimum atomic E-state index is 0.788. The summed E-state index contributed by atoms with van der Waals surface area (Å²) < 4.78 is 0. The first kappa shape index (κ1) is 11.3. The van der Waals surface area contributed by atoms with Gasteiger partial charge in [0.15, 0.2) is 0 Å². The molecule has 0 radical (unpaired) electrons. The highest BCUT2D eigenvalue weighted by molar-refractivity contribution is 5.79. The number of hydrogen-bond acceptors (Lipinski definition) is 2. The van der Waals surface area contributed by atoms with Gasteiger partial charge in [0, 0.05) is 19.6 Å². The average molecular weight is 198 g/mol. The van der Waals surface area contributed by atoms with Crippen LogP contribution in [0.4, 0.5) is 0 Å². The van der Waals surface area contributed by atoms with Crippen LogP contribution in [0.1, 0.15) is 39.0 Å². The Labute approximate surface area is 86.5 Å². The lowest BCUT2D eigenvalue weighted by Crippen LogP contribution is -2.46. The maximum Gasteiger partial charge on any atom is 0.208 e. The first-order valence-electron chi connectivity index (χ1n) is 5.64. The van der Waals surface area contributed by atoms with Gasteiger partial charge in [-0.25, -0.2) is 5.84 Å². The van der Waals surface area contributed by atoms with Crippen molar-refractivity contribution in [1.29, 1.82) is 0 Å². The summed E-state index contributed by atoms with van der Waals surface area (Å²) in [7, 11) is 0. The normalized spacial score (nSPS) is 20.1. The van der Waals surface area contributed by atoms with Gasteiger partial charge in [-0.3, -0.25) is 10.4 Å². The summed E-state index contributed by atoms with van der Waals surface area (Å²) in [5.74, 6) is 6.31. The standard InChI is InChI=1S/C10H22N4/c1-2-12-10(13-11)14-8-6-4-3-5-7-9-14/h2-9,11H2,1H3,(H,12,13). The molecule has 0 unspecified atom stereocenters. The van der Waals surface area contributed by atoms with Crippen LogP contribution >= 0.6 is 0 Å². The van der Waals surface area contributed by atoms with Gasteiger partial charge in [-0.1, -0.05) is 19.3 Å². The zero-order valence-electron chi connectivity index (χ0n) is 9.13. The molecule has 3 N–H and O–H groups in total. The highest BCUT2D eigenvalue weighted by atomic mass is 15.4. The van der Waals surface area contributed by atoms with E-state index in [-0.39, 0.29) is 0 Å². The fourth-order valence-corrected chi connectivity index (χ4v) is 1.85. The summed E-state index contributed by atoms with van der Waals surface area (Å²) in [6.45, 7) is 4.99. The van der Waals surface area contributed by atoms with E-state index in [2.05, 4.69) is 15.3 Å². The molecule has 0 amide bonds. The number of rotatable bonds is 1. The third kappa shape index (κ3) is 3.54. The maximum absolute atomic E-state index is 5.46. The zero-order chi connectivity index (χ0) is 10.2. The molecule has 82 valence electrons. The van der Waals surface area contributed by atoms with Crippen molar-refractivity contribution in [2.75, 3.05) is 19.6 Å². The number of likely N-dealkylation sites (tertiary alicyclic amines) is 1. The van der Waals surface area contributed by atoms with Crippen molar-refractivity contribution in [3.05, 3.63) is 0 Å². The van der Waals surface area contributed by atoms with Gasteiger partial charge in [0.25, 0.3) is 0 Å². The smallest absolute Gasteiger partial charge is 0.208 e. The van der Waals surface area contributed by atoms with Gasteiger partial charge >= 0.3 is 0 Å². The van der Waals surface area contributed by atoms with Crippen LogP contribution in [0.3, 0.4) is 0 Å². The van der Waals surface area contributed by atoms with Crippen molar-refractivity contribution in [1.82, 2.24) is 10.3 Å². The van der Waals surface area contributed by atoms with Crippen molar-refractivity contribution in [2.24, 2.45) is 10.8 Å². The minimum absolute atomic E-state index is 0.788. The molecule has 0 saturated carbocycles. The lowest BCUT2D eigenvalue weighted by Gasteiger charge is -2.27. The molecule has 0 atom stereocenters. The Morgan fingerprint density at radius 3 is 2.29 bits per heavy atom. The lowest BCUT2D eigenvalue weighted by molar-refractivity contribution is 0.351. The molecular weight excluding hydrogens is 176 g/mol. The molecule has 0 spiro atoms. The summed E-state index contributed by atoms with van der Waals surface area (Å²) >= 11 is 0. The summed E-state index contributed by atoms with van der Waals surface area (Å²) in [5, 5.41) is 0. The van der Waals surface area contributed by atoms with Gasteiger partial charge in [0.05, 0.1) is 0 Å². The van der Waals surface area contributed by atoms with Crippen molar-refractivity contribution >= 4 is 5.96 Å². The number of guanidine groups is 1. The van der Waals surface area contributed by atoms with Crippen LogP contribution in [-0.2, 0) is 0 Å². The molecule has 4 nitrogen and oxygen atoms in total. The molecule has 0 aliphatic carbocycles. The van der Waals surface area contributed by atoms with Crippen LogP contribution in [0.15, 0.2) is 4.99 Å². The van der Waals surface area contributed by atoms with Crippen LogP contribution in [0, 0.1) is 0 Å². The van der Waals surface area contributed by atoms with E-state index in [0.29, 0.717) is 0 Å². The van der Waals surface area contributed by atoms with E-state index < -0.39 is 0 Å². The second-order valence-electron chi connectivity index (χ2n) is 3.70. The summed E-state index contributed by atoms with van der Waals surface area (Å²) in [6.07, 6.45) is 6.56. The van der Waals surface area contributed by atoms with Crippen molar-refractivity contribution in [2.45, 2.75) is 39.0 Å². The second-order valence-corrected chi connectivity index (χ2v) is 3.70. The monoisotopic (exact) mass is 198 g/mol. The molecule has 4 heteroatoms. The first-order chi connectivity index (χ1) is 6.88. The molecular formula is C10H22N4. The number of nitrogens with two attached hydrogens (primary N) is 1. The van der Waals surface area contributed by atoms with Gasteiger partial charge in [0.1, 0.15) is 0 Å². The molecule has 14 heavy (non-hydrogen) atoms. The van der Waals surface area contributed by atoms with E-state index in [1.165, 1.54) is 32.1 Å². The number of nitrogens with zero attached hydrogens (tertiary/aromatic N) is 2. The molecule has 1 heterocycles. The van der Waals surface area contributed by atoms with E-state index in [0.717, 1.165) is 25.6 Å². The van der Waals surface area contributed by atoms with Crippen molar-refractivity contribution in [3.8, 4) is 0 Å². The highest BCUT2D eigenvalue weighted by Gasteiger charge is 2.11. The van der Waals surface area contributed by atoms with Crippen LogP contribution in [-0.4, -0.2) is 30.5 Å². The largest absolute Gasteiger partial charge is 0.342 e. The van der Waals surface area contributed by atoms with Gasteiger partial charge in [-0.15, -0.1) is 0 Å². The average Bonchev–Trinajstić information content (AvgIpc) is 2.15.